The summed E-state index contributed by atoms with van der Waals surface area (Å²) in [6.45, 7) is 11.1. The molecule has 1 rings (SSSR count). The predicted molar refractivity (Wildman–Crippen MR) is 84.3 cm³/mol. The predicted octanol–water partition coefficient (Wildman–Crippen LogP) is 2.11. The molecule has 1 aromatic rings. The van der Waals surface area contributed by atoms with Crippen LogP contribution in [-0.4, -0.2) is 28.5 Å². The molecule has 0 aromatic carbocycles. The number of rotatable bonds is 4. The number of carbonyl (C=O) groups excluding carboxylic acids is 2. The third kappa shape index (κ3) is 6.12. The van der Waals surface area contributed by atoms with Gasteiger partial charge in [-0.2, -0.15) is 0 Å². The number of aryl methyl sites for hydroxylation is 1. The Morgan fingerprint density at radius 2 is 1.86 bits per heavy atom. The third-order valence-electron chi connectivity index (χ3n) is 2.67. The zero-order valence-electron chi connectivity index (χ0n) is 13.4. The average Bonchev–Trinajstić information content (AvgIpc) is 2.73. The molecule has 0 unspecified atom stereocenters. The number of nitrogens with zero attached hydrogens (tertiary/aromatic N) is 1. The van der Waals surface area contributed by atoms with Crippen molar-refractivity contribution in [3.8, 4) is 0 Å². The van der Waals surface area contributed by atoms with E-state index in [1.54, 1.807) is 6.92 Å². The second-order valence-electron chi connectivity index (χ2n) is 6.09. The van der Waals surface area contributed by atoms with Crippen LogP contribution in [0.25, 0.3) is 0 Å². The second-order valence-corrected chi connectivity index (χ2v) is 7.15. The number of nitrogens with one attached hydrogen (secondary N) is 3. The minimum Gasteiger partial charge on any atom is -0.350 e. The van der Waals surface area contributed by atoms with Gasteiger partial charge in [0.25, 0.3) is 0 Å². The fourth-order valence-corrected chi connectivity index (χ4v) is 2.34. The molecule has 2 atom stereocenters. The van der Waals surface area contributed by atoms with E-state index in [-0.39, 0.29) is 23.5 Å². The van der Waals surface area contributed by atoms with Crippen molar-refractivity contribution in [2.45, 2.75) is 59.2 Å². The second kappa shape index (κ2) is 6.89. The maximum Gasteiger partial charge on any atom is 0.315 e. The summed E-state index contributed by atoms with van der Waals surface area (Å²) in [6.07, 6.45) is 0. The topological polar surface area (TPSA) is 83.1 Å². The van der Waals surface area contributed by atoms with E-state index in [2.05, 4.69) is 20.9 Å². The summed E-state index contributed by atoms with van der Waals surface area (Å²) in [7, 11) is 0. The van der Waals surface area contributed by atoms with E-state index in [9.17, 15) is 9.59 Å². The highest BCUT2D eigenvalue weighted by Crippen LogP contribution is 2.15. The molecule has 0 aliphatic heterocycles. The number of urea groups is 1. The highest BCUT2D eigenvalue weighted by atomic mass is 32.1. The van der Waals surface area contributed by atoms with Crippen molar-refractivity contribution in [1.82, 2.24) is 20.9 Å². The van der Waals surface area contributed by atoms with Gasteiger partial charge in [0.1, 0.15) is 6.04 Å². The average molecular weight is 312 g/mol. The molecular formula is C14H24N4O2S. The summed E-state index contributed by atoms with van der Waals surface area (Å²) in [6, 6.07) is -1.19. The van der Waals surface area contributed by atoms with Crippen molar-refractivity contribution < 1.29 is 9.59 Å². The lowest BCUT2D eigenvalue weighted by molar-refractivity contribution is -0.123. The number of thiazole rings is 1. The van der Waals surface area contributed by atoms with E-state index in [4.69, 9.17) is 0 Å². The van der Waals surface area contributed by atoms with Crippen molar-refractivity contribution >= 4 is 23.3 Å². The van der Waals surface area contributed by atoms with Crippen LogP contribution < -0.4 is 16.0 Å². The van der Waals surface area contributed by atoms with Gasteiger partial charge in [-0.3, -0.25) is 4.79 Å². The standard InChI is InChI=1S/C14H24N4O2S/c1-8(11-7-21-10(3)17-11)15-13(20)16-9(2)12(19)18-14(4,5)6/h7-9H,1-6H3,(H,18,19)(H2,15,16,20)/t8-,9-/m0/s1. The minimum atomic E-state index is -0.603. The van der Waals surface area contributed by atoms with Gasteiger partial charge in [0.05, 0.1) is 16.7 Å². The van der Waals surface area contributed by atoms with Gasteiger partial charge in [-0.1, -0.05) is 0 Å². The molecular weight excluding hydrogens is 288 g/mol. The molecule has 3 amide bonds. The highest BCUT2D eigenvalue weighted by Gasteiger charge is 2.21. The van der Waals surface area contributed by atoms with Crippen LogP contribution in [0.4, 0.5) is 4.79 Å². The summed E-state index contributed by atoms with van der Waals surface area (Å²) >= 11 is 1.54. The number of carbonyl (C=O) groups is 2. The van der Waals surface area contributed by atoms with Crippen LogP contribution in [0.5, 0.6) is 0 Å². The van der Waals surface area contributed by atoms with Gasteiger partial charge in [-0.25, -0.2) is 9.78 Å². The Balaban J connectivity index is 2.48. The first-order valence-electron chi connectivity index (χ1n) is 6.89. The van der Waals surface area contributed by atoms with E-state index < -0.39 is 6.04 Å². The molecule has 0 saturated carbocycles. The molecule has 0 radical (unpaired) electrons. The molecule has 6 nitrogen and oxygen atoms in total. The molecule has 0 spiro atoms. The number of hydrogen-bond acceptors (Lipinski definition) is 4. The first-order chi connectivity index (χ1) is 9.58. The van der Waals surface area contributed by atoms with Crippen LogP contribution in [0.1, 0.15) is 51.4 Å². The Kier molecular flexibility index (Phi) is 5.71. The summed E-state index contributed by atoms with van der Waals surface area (Å²) < 4.78 is 0. The Morgan fingerprint density at radius 3 is 2.33 bits per heavy atom. The van der Waals surface area contributed by atoms with Gasteiger partial charge in [0, 0.05) is 10.9 Å². The molecule has 0 bridgehead atoms. The fourth-order valence-electron chi connectivity index (χ4n) is 1.63. The zero-order chi connectivity index (χ0) is 16.2. The minimum absolute atomic E-state index is 0.201. The SMILES string of the molecule is Cc1nc([C@H](C)NC(=O)N[C@@H](C)C(=O)NC(C)(C)C)cs1. The lowest BCUT2D eigenvalue weighted by atomic mass is 10.1. The summed E-state index contributed by atoms with van der Waals surface area (Å²) in [4.78, 5) is 28.1. The number of amides is 3. The Hall–Kier alpha value is -1.63. The fraction of sp³-hybridized carbons (Fsp3) is 0.643. The van der Waals surface area contributed by atoms with E-state index >= 15 is 0 Å². The van der Waals surface area contributed by atoms with Crippen LogP contribution in [0.3, 0.4) is 0 Å². The smallest absolute Gasteiger partial charge is 0.315 e. The normalized spacial score (nSPS) is 14.2. The van der Waals surface area contributed by atoms with Crippen LogP contribution in [0.2, 0.25) is 0 Å². The van der Waals surface area contributed by atoms with Gasteiger partial charge in [0.15, 0.2) is 0 Å². The Bertz CT molecular complexity index is 507. The Morgan fingerprint density at radius 1 is 1.24 bits per heavy atom. The van der Waals surface area contributed by atoms with E-state index in [0.29, 0.717) is 0 Å². The molecule has 1 heterocycles. The van der Waals surface area contributed by atoms with Crippen LogP contribution in [-0.2, 0) is 4.79 Å². The molecule has 0 aliphatic carbocycles. The summed E-state index contributed by atoms with van der Waals surface area (Å²) in [5, 5.41) is 11.1. The lowest BCUT2D eigenvalue weighted by Gasteiger charge is -2.24. The molecule has 0 aliphatic rings. The van der Waals surface area contributed by atoms with Gasteiger partial charge < -0.3 is 16.0 Å². The van der Waals surface area contributed by atoms with Crippen LogP contribution >= 0.6 is 11.3 Å². The summed E-state index contributed by atoms with van der Waals surface area (Å²) in [5.41, 5.74) is 0.494. The van der Waals surface area contributed by atoms with Crippen molar-refractivity contribution in [3.63, 3.8) is 0 Å². The molecule has 1 aromatic heterocycles. The third-order valence-corrected chi connectivity index (χ3v) is 3.46. The molecule has 3 N–H and O–H groups in total. The number of aromatic nitrogens is 1. The molecule has 0 saturated heterocycles. The maximum absolute atomic E-state index is 11.9. The monoisotopic (exact) mass is 312 g/mol. The van der Waals surface area contributed by atoms with Gasteiger partial charge >= 0.3 is 6.03 Å². The summed E-state index contributed by atoms with van der Waals surface area (Å²) in [5.74, 6) is -0.213. The number of hydrogen-bond donors (Lipinski definition) is 3. The lowest BCUT2D eigenvalue weighted by Crippen LogP contribution is -2.52. The first kappa shape index (κ1) is 17.4. The van der Waals surface area contributed by atoms with Crippen LogP contribution in [0.15, 0.2) is 5.38 Å². The van der Waals surface area contributed by atoms with Crippen LogP contribution in [0, 0.1) is 6.92 Å². The molecule has 7 heteroatoms. The first-order valence-corrected chi connectivity index (χ1v) is 7.77. The zero-order valence-corrected chi connectivity index (χ0v) is 14.2. The largest absolute Gasteiger partial charge is 0.350 e. The highest BCUT2D eigenvalue weighted by molar-refractivity contribution is 7.09. The molecule has 0 fully saturated rings. The van der Waals surface area contributed by atoms with Crippen molar-refractivity contribution in [3.05, 3.63) is 16.1 Å². The van der Waals surface area contributed by atoms with Crippen molar-refractivity contribution in [1.29, 1.82) is 0 Å². The van der Waals surface area contributed by atoms with E-state index in [0.717, 1.165) is 10.7 Å². The van der Waals surface area contributed by atoms with Crippen molar-refractivity contribution in [2.75, 3.05) is 0 Å². The van der Waals surface area contributed by atoms with Gasteiger partial charge in [-0.05, 0) is 41.5 Å². The molecule has 118 valence electrons. The van der Waals surface area contributed by atoms with Crippen molar-refractivity contribution in [2.24, 2.45) is 0 Å². The van der Waals surface area contributed by atoms with Gasteiger partial charge in [-0.15, -0.1) is 11.3 Å². The Labute approximate surface area is 129 Å². The molecule has 21 heavy (non-hydrogen) atoms. The van der Waals surface area contributed by atoms with Gasteiger partial charge in [0.2, 0.25) is 5.91 Å². The quantitative estimate of drug-likeness (QED) is 0.796. The van der Waals surface area contributed by atoms with E-state index in [1.807, 2.05) is 40.0 Å². The van der Waals surface area contributed by atoms with E-state index in [1.165, 1.54) is 11.3 Å². The maximum atomic E-state index is 11.9.